The van der Waals surface area contributed by atoms with Crippen molar-refractivity contribution in [2.45, 2.75) is 64.5 Å². The smallest absolute Gasteiger partial charge is 0.254 e. The number of aldehydes is 1. The second-order valence-electron chi connectivity index (χ2n) is 10.2. The van der Waals surface area contributed by atoms with Crippen molar-refractivity contribution in [3.63, 3.8) is 0 Å². The Bertz CT molecular complexity index is 1210. The lowest BCUT2D eigenvalue weighted by atomic mass is 9.95. The molecule has 0 spiro atoms. The van der Waals surface area contributed by atoms with Crippen LogP contribution in [0.25, 0.3) is 5.57 Å². The number of halogens is 1. The Balaban J connectivity index is 0.000000225. The van der Waals surface area contributed by atoms with E-state index in [1.54, 1.807) is 12.1 Å². The number of nitrogens with zero attached hydrogens (tertiary/aromatic N) is 3. The van der Waals surface area contributed by atoms with Gasteiger partial charge < -0.3 is 14.6 Å². The highest BCUT2D eigenvalue weighted by molar-refractivity contribution is 6.08. The van der Waals surface area contributed by atoms with E-state index in [-0.39, 0.29) is 29.6 Å². The van der Waals surface area contributed by atoms with E-state index in [4.69, 9.17) is 4.52 Å². The van der Waals surface area contributed by atoms with E-state index < -0.39 is 6.04 Å². The number of likely N-dealkylation sites (N-methyl/N-ethyl adjacent to an activating group) is 1. The quantitative estimate of drug-likeness (QED) is 0.537. The van der Waals surface area contributed by atoms with Crippen LogP contribution in [0.15, 0.2) is 57.8 Å². The monoisotopic (exact) mass is 506 g/mol. The molecule has 0 bridgehead atoms. The molecule has 2 aliphatic heterocycles. The first-order valence-corrected chi connectivity index (χ1v) is 12.9. The van der Waals surface area contributed by atoms with Gasteiger partial charge in [0.05, 0.1) is 17.7 Å². The van der Waals surface area contributed by atoms with Crippen molar-refractivity contribution in [3.8, 4) is 0 Å². The number of amidine groups is 1. The fourth-order valence-electron chi connectivity index (χ4n) is 4.91. The lowest BCUT2D eigenvalue weighted by molar-refractivity contribution is -0.120. The highest BCUT2D eigenvalue weighted by Crippen LogP contribution is 2.31. The zero-order valence-corrected chi connectivity index (χ0v) is 21.9. The number of allylic oxidation sites excluding steroid dienone is 4. The van der Waals surface area contributed by atoms with Crippen molar-refractivity contribution in [2.75, 3.05) is 13.6 Å². The summed E-state index contributed by atoms with van der Waals surface area (Å²) in [6.45, 7) is 6.84. The highest BCUT2D eigenvalue weighted by atomic mass is 19.1. The molecule has 8 heteroatoms. The topological polar surface area (TPSA) is 87.8 Å². The first-order valence-electron chi connectivity index (χ1n) is 12.9. The molecule has 196 valence electrons. The molecule has 0 saturated carbocycles. The zero-order chi connectivity index (χ0) is 26.5. The lowest BCUT2D eigenvalue weighted by Crippen LogP contribution is -2.40. The van der Waals surface area contributed by atoms with Gasteiger partial charge in [-0.1, -0.05) is 49.3 Å². The number of hydrogen-bond acceptors (Lipinski definition) is 6. The van der Waals surface area contributed by atoms with Gasteiger partial charge in [0, 0.05) is 11.6 Å². The highest BCUT2D eigenvalue weighted by Gasteiger charge is 2.35. The number of benzene rings is 1. The molecular weight excluding hydrogens is 471 g/mol. The summed E-state index contributed by atoms with van der Waals surface area (Å²) in [7, 11) is 2.06. The molecule has 0 radical (unpaired) electrons. The molecule has 1 amide bonds. The average Bonchev–Trinajstić information content (AvgIpc) is 3.60. The summed E-state index contributed by atoms with van der Waals surface area (Å²) in [5, 5.41) is 6.68. The zero-order valence-electron chi connectivity index (χ0n) is 21.9. The molecular formula is C29H35FN4O3. The molecule has 7 nitrogen and oxygen atoms in total. The van der Waals surface area contributed by atoms with Crippen molar-refractivity contribution in [3.05, 3.63) is 70.9 Å². The van der Waals surface area contributed by atoms with Gasteiger partial charge in [-0.2, -0.15) is 0 Å². The molecule has 3 heterocycles. The molecule has 3 unspecified atom stereocenters. The molecule has 1 aliphatic carbocycles. The van der Waals surface area contributed by atoms with Crippen LogP contribution in [-0.2, 0) is 9.59 Å². The van der Waals surface area contributed by atoms with Gasteiger partial charge in [-0.15, -0.1) is 0 Å². The third kappa shape index (κ3) is 6.13. The van der Waals surface area contributed by atoms with Crippen LogP contribution in [0.5, 0.6) is 0 Å². The number of carbonyl (C=O) groups is 2. The summed E-state index contributed by atoms with van der Waals surface area (Å²) in [6.07, 6.45) is 8.23. The Morgan fingerprint density at radius 1 is 1.19 bits per heavy atom. The van der Waals surface area contributed by atoms with Crippen LogP contribution in [0.2, 0.25) is 0 Å². The van der Waals surface area contributed by atoms with Crippen LogP contribution in [0.4, 0.5) is 4.39 Å². The first-order chi connectivity index (χ1) is 17.8. The number of hydrogen-bond donors (Lipinski definition) is 1. The Morgan fingerprint density at radius 3 is 2.49 bits per heavy atom. The molecule has 3 aliphatic rings. The third-order valence-corrected chi connectivity index (χ3v) is 7.08. The number of aliphatic imine (C=N–C) groups is 1. The van der Waals surface area contributed by atoms with Gasteiger partial charge in [0.25, 0.3) is 5.91 Å². The maximum absolute atomic E-state index is 14.0. The van der Waals surface area contributed by atoms with Crippen LogP contribution in [0.1, 0.15) is 74.1 Å². The molecule has 1 aromatic carbocycles. The van der Waals surface area contributed by atoms with E-state index in [2.05, 4.69) is 27.4 Å². The second-order valence-corrected chi connectivity index (χ2v) is 10.2. The van der Waals surface area contributed by atoms with Crippen molar-refractivity contribution < 1.29 is 18.5 Å². The van der Waals surface area contributed by atoms with Gasteiger partial charge in [-0.3, -0.25) is 14.7 Å². The summed E-state index contributed by atoms with van der Waals surface area (Å²) >= 11 is 0. The van der Waals surface area contributed by atoms with E-state index in [1.165, 1.54) is 0 Å². The fraction of sp³-hybridized carbons (Fsp3) is 0.448. The van der Waals surface area contributed by atoms with Crippen LogP contribution >= 0.6 is 0 Å². The molecule has 1 saturated heterocycles. The minimum absolute atomic E-state index is 0.0778. The van der Waals surface area contributed by atoms with E-state index in [1.807, 2.05) is 51.1 Å². The predicted octanol–water partition coefficient (Wildman–Crippen LogP) is 5.30. The Labute approximate surface area is 217 Å². The van der Waals surface area contributed by atoms with Gasteiger partial charge in [0.15, 0.2) is 6.04 Å². The van der Waals surface area contributed by atoms with Crippen molar-refractivity contribution in [2.24, 2.45) is 10.9 Å². The second kappa shape index (κ2) is 11.8. The minimum Gasteiger partial charge on any atom is -0.360 e. The van der Waals surface area contributed by atoms with Crippen molar-refractivity contribution in [1.82, 2.24) is 15.4 Å². The molecule has 1 fully saturated rings. The Kier molecular flexibility index (Phi) is 8.48. The number of nitrogens with one attached hydrogen (secondary N) is 1. The molecule has 2 aromatic rings. The summed E-state index contributed by atoms with van der Waals surface area (Å²) in [4.78, 5) is 29.9. The van der Waals surface area contributed by atoms with Crippen LogP contribution in [-0.4, -0.2) is 47.7 Å². The standard InChI is InChI=1S/C20H22FN3O.C9H13NO2/c1-24-12-4-7-17(24)19-22-18(20(25)23-19)14-10-8-13(9-11-14)15-5-2-3-6-16(15)21;1-6(2)8(5-11)9-4-7(3)10-12-9/h5-6,8-11,17-18H,2-4,7,12H2,1H3,(H,22,23,25);4-6,8H,1-3H3. The van der Waals surface area contributed by atoms with Crippen LogP contribution in [0, 0.1) is 12.8 Å². The maximum atomic E-state index is 14.0. The number of rotatable bonds is 6. The Morgan fingerprint density at radius 2 is 1.92 bits per heavy atom. The maximum Gasteiger partial charge on any atom is 0.254 e. The number of aryl methyl sites for hydroxylation is 1. The largest absolute Gasteiger partial charge is 0.360 e. The summed E-state index contributed by atoms with van der Waals surface area (Å²) in [6, 6.07) is 9.03. The van der Waals surface area contributed by atoms with Gasteiger partial charge in [0.2, 0.25) is 0 Å². The molecule has 5 rings (SSSR count). The van der Waals surface area contributed by atoms with Gasteiger partial charge in [-0.05, 0) is 69.3 Å². The average molecular weight is 507 g/mol. The Hall–Kier alpha value is -3.39. The number of carbonyl (C=O) groups excluding carboxylic acids is 2. The van der Waals surface area contributed by atoms with Gasteiger partial charge in [-0.25, -0.2) is 4.39 Å². The number of amides is 1. The third-order valence-electron chi connectivity index (χ3n) is 7.08. The summed E-state index contributed by atoms with van der Waals surface area (Å²) in [5.41, 5.74) is 3.15. The molecule has 1 N–H and O–H groups in total. The molecule has 1 aromatic heterocycles. The first kappa shape index (κ1) is 26.7. The van der Waals surface area contributed by atoms with Crippen molar-refractivity contribution >= 4 is 23.6 Å². The minimum atomic E-state index is -0.501. The van der Waals surface area contributed by atoms with E-state index >= 15 is 0 Å². The van der Waals surface area contributed by atoms with Crippen LogP contribution in [0.3, 0.4) is 0 Å². The van der Waals surface area contributed by atoms with E-state index in [0.717, 1.165) is 61.2 Å². The summed E-state index contributed by atoms with van der Waals surface area (Å²) < 4.78 is 19.0. The van der Waals surface area contributed by atoms with Crippen molar-refractivity contribution in [1.29, 1.82) is 0 Å². The predicted molar refractivity (Wildman–Crippen MR) is 142 cm³/mol. The number of aromatic nitrogens is 1. The van der Waals surface area contributed by atoms with Crippen LogP contribution < -0.4 is 5.32 Å². The number of likely N-dealkylation sites (tertiary alicyclic amines) is 1. The van der Waals surface area contributed by atoms with E-state index in [0.29, 0.717) is 11.3 Å². The lowest BCUT2D eigenvalue weighted by Gasteiger charge is -2.18. The van der Waals surface area contributed by atoms with Gasteiger partial charge in [0.1, 0.15) is 23.7 Å². The van der Waals surface area contributed by atoms with Gasteiger partial charge >= 0.3 is 0 Å². The normalized spacial score (nSPS) is 22.5. The summed E-state index contributed by atoms with van der Waals surface area (Å²) in [5.74, 6) is 1.30. The molecule has 37 heavy (non-hydrogen) atoms. The fourth-order valence-corrected chi connectivity index (χ4v) is 4.91. The molecule has 3 atom stereocenters. The van der Waals surface area contributed by atoms with E-state index in [9.17, 15) is 14.0 Å². The SMILES string of the molecule is CN1CCCC1C1=NC(c2ccc(C3=CCCC=C3F)cc2)C(=O)N1.Cc1cc(C(C=O)C(C)C)on1.